The van der Waals surface area contributed by atoms with Crippen LogP contribution in [0.5, 0.6) is 0 Å². The van der Waals surface area contributed by atoms with Gasteiger partial charge in [0.1, 0.15) is 0 Å². The largest absolute Gasteiger partial charge is 0.460 e. The van der Waals surface area contributed by atoms with Crippen LogP contribution in [0.4, 0.5) is 0 Å². The van der Waals surface area contributed by atoms with Crippen molar-refractivity contribution in [1.82, 2.24) is 0 Å². The highest BCUT2D eigenvalue weighted by Crippen LogP contribution is 1.89. The summed E-state index contributed by atoms with van der Waals surface area (Å²) in [4.78, 5) is 10.5. The van der Waals surface area contributed by atoms with Gasteiger partial charge >= 0.3 is 5.97 Å². The maximum absolute atomic E-state index is 10.5. The summed E-state index contributed by atoms with van der Waals surface area (Å²) in [5.41, 5.74) is 5.14. The highest BCUT2D eigenvalue weighted by atomic mass is 16.5. The molecule has 3 nitrogen and oxygen atoms in total. The van der Waals surface area contributed by atoms with Crippen LogP contribution in [-0.2, 0) is 9.53 Å². The molecule has 0 aromatic heterocycles. The molecule has 14 heavy (non-hydrogen) atoms. The van der Waals surface area contributed by atoms with Crippen LogP contribution in [0.3, 0.4) is 0 Å². The van der Waals surface area contributed by atoms with E-state index in [2.05, 4.69) is 6.92 Å². The predicted octanol–water partition coefficient (Wildman–Crippen LogP) is 2.26. The average molecular weight is 201 g/mol. The molecule has 0 aliphatic rings. The molecular formula is C11H23NO2. The number of nitrogens with two attached hydrogens (primary N) is 1. The third-order valence-electron chi connectivity index (χ3n) is 1.21. The fraction of sp³-hybridized carbons (Fsp3) is 0.727. The molecule has 0 aromatic rings. The lowest BCUT2D eigenvalue weighted by Crippen LogP contribution is -2.07. The van der Waals surface area contributed by atoms with Gasteiger partial charge in [0.05, 0.1) is 6.10 Å². The maximum Gasteiger partial charge on any atom is 0.330 e. The normalized spacial score (nSPS) is 9.86. The van der Waals surface area contributed by atoms with Gasteiger partial charge in [-0.25, -0.2) is 4.79 Å². The van der Waals surface area contributed by atoms with E-state index in [0.29, 0.717) is 0 Å². The zero-order valence-corrected chi connectivity index (χ0v) is 9.75. The van der Waals surface area contributed by atoms with Crippen LogP contribution in [0.15, 0.2) is 12.2 Å². The van der Waals surface area contributed by atoms with Gasteiger partial charge in [0.25, 0.3) is 0 Å². The first-order chi connectivity index (χ1) is 6.58. The van der Waals surface area contributed by atoms with Crippen molar-refractivity contribution < 1.29 is 9.53 Å². The van der Waals surface area contributed by atoms with Gasteiger partial charge in [-0.3, -0.25) is 0 Å². The molecular weight excluding hydrogens is 178 g/mol. The summed E-state index contributed by atoms with van der Waals surface area (Å²) in [5, 5.41) is 0. The fourth-order valence-corrected chi connectivity index (χ4v) is 0.612. The predicted molar refractivity (Wildman–Crippen MR) is 60.0 cm³/mol. The molecule has 0 aliphatic carbocycles. The molecule has 0 atom stereocenters. The lowest BCUT2D eigenvalue weighted by molar-refractivity contribution is -0.141. The van der Waals surface area contributed by atoms with Crippen molar-refractivity contribution in [2.45, 2.75) is 46.6 Å². The second kappa shape index (κ2) is 12.2. The van der Waals surface area contributed by atoms with E-state index in [4.69, 9.17) is 10.5 Å². The molecule has 0 saturated carbocycles. The molecule has 0 radical (unpaired) electrons. The molecule has 84 valence electrons. The van der Waals surface area contributed by atoms with Crippen molar-refractivity contribution in [3.8, 4) is 0 Å². The van der Waals surface area contributed by atoms with Gasteiger partial charge in [0.2, 0.25) is 0 Å². The highest BCUT2D eigenvalue weighted by molar-refractivity contribution is 5.81. The second-order valence-corrected chi connectivity index (χ2v) is 3.13. The van der Waals surface area contributed by atoms with E-state index < -0.39 is 0 Å². The number of rotatable bonds is 4. The summed E-state index contributed by atoms with van der Waals surface area (Å²) in [6, 6.07) is 0. The molecule has 3 heteroatoms. The monoisotopic (exact) mass is 201 g/mol. The van der Waals surface area contributed by atoms with Gasteiger partial charge in [-0.2, -0.15) is 0 Å². The first kappa shape index (κ1) is 15.6. The number of hydrogen-bond donors (Lipinski definition) is 1. The van der Waals surface area contributed by atoms with Crippen LogP contribution in [0, 0.1) is 0 Å². The van der Waals surface area contributed by atoms with Gasteiger partial charge in [0, 0.05) is 6.08 Å². The Balaban J connectivity index is 0. The number of allylic oxidation sites excluding steroid dienone is 1. The lowest BCUT2D eigenvalue weighted by atomic mass is 10.3. The van der Waals surface area contributed by atoms with Crippen molar-refractivity contribution in [2.24, 2.45) is 5.73 Å². The van der Waals surface area contributed by atoms with Crippen molar-refractivity contribution in [2.75, 3.05) is 6.54 Å². The van der Waals surface area contributed by atoms with E-state index in [-0.39, 0.29) is 12.1 Å². The Morgan fingerprint density at radius 3 is 2.29 bits per heavy atom. The van der Waals surface area contributed by atoms with Crippen LogP contribution >= 0.6 is 0 Å². The summed E-state index contributed by atoms with van der Waals surface area (Å²) in [6.45, 7) is 8.40. The smallest absolute Gasteiger partial charge is 0.330 e. The minimum Gasteiger partial charge on any atom is -0.460 e. The molecule has 0 bridgehead atoms. The molecule has 0 heterocycles. The first-order valence-electron chi connectivity index (χ1n) is 5.11. The number of esters is 1. The topological polar surface area (TPSA) is 52.3 Å². The molecule has 0 rings (SSSR count). The summed E-state index contributed by atoms with van der Waals surface area (Å²) < 4.78 is 4.76. The zero-order valence-electron chi connectivity index (χ0n) is 9.75. The molecule has 0 aromatic carbocycles. The van der Waals surface area contributed by atoms with Crippen molar-refractivity contribution in [3.63, 3.8) is 0 Å². The Kier molecular flexibility index (Phi) is 13.6. The quantitative estimate of drug-likeness (QED) is 0.560. The van der Waals surface area contributed by atoms with Crippen LogP contribution in [0.2, 0.25) is 0 Å². The summed E-state index contributed by atoms with van der Waals surface area (Å²) in [6.07, 6.45) is 5.43. The molecule has 0 saturated heterocycles. The molecule has 0 fully saturated rings. The van der Waals surface area contributed by atoms with Crippen molar-refractivity contribution in [1.29, 1.82) is 0 Å². The van der Waals surface area contributed by atoms with Crippen molar-refractivity contribution >= 4 is 5.97 Å². The minimum absolute atomic E-state index is 0.0197. The SMILES string of the molecule is CC=CC(=O)OC(C)C.CCCCN. The maximum atomic E-state index is 10.5. The molecule has 2 N–H and O–H groups in total. The van der Waals surface area contributed by atoms with Crippen LogP contribution in [0.1, 0.15) is 40.5 Å². The number of carbonyl (C=O) groups excluding carboxylic acids is 1. The second-order valence-electron chi connectivity index (χ2n) is 3.13. The number of ether oxygens (including phenoxy) is 1. The molecule has 0 amide bonds. The Morgan fingerprint density at radius 1 is 1.50 bits per heavy atom. The summed E-state index contributed by atoms with van der Waals surface area (Å²) >= 11 is 0. The Hall–Kier alpha value is -0.830. The Labute approximate surface area is 87.3 Å². The van der Waals surface area contributed by atoms with E-state index in [1.807, 2.05) is 13.8 Å². The Morgan fingerprint density at radius 2 is 2.07 bits per heavy atom. The van der Waals surface area contributed by atoms with Crippen LogP contribution in [-0.4, -0.2) is 18.6 Å². The van der Waals surface area contributed by atoms with Crippen molar-refractivity contribution in [3.05, 3.63) is 12.2 Å². The summed E-state index contributed by atoms with van der Waals surface area (Å²) in [5.74, 6) is -0.271. The number of unbranched alkanes of at least 4 members (excludes halogenated alkanes) is 1. The van der Waals surface area contributed by atoms with E-state index in [1.54, 1.807) is 13.0 Å². The van der Waals surface area contributed by atoms with Crippen LogP contribution < -0.4 is 5.73 Å². The van der Waals surface area contributed by atoms with E-state index in [0.717, 1.165) is 6.54 Å². The minimum atomic E-state index is -0.271. The third-order valence-corrected chi connectivity index (χ3v) is 1.21. The molecule has 0 spiro atoms. The van der Waals surface area contributed by atoms with Gasteiger partial charge in [-0.05, 0) is 33.7 Å². The summed E-state index contributed by atoms with van der Waals surface area (Å²) in [7, 11) is 0. The zero-order chi connectivity index (χ0) is 11.4. The lowest BCUT2D eigenvalue weighted by Gasteiger charge is -2.02. The standard InChI is InChI=1S/C7H12O2.C4H11N/c1-4-5-7(8)9-6(2)3;1-2-3-4-5/h4-6H,1-3H3;2-5H2,1H3. The fourth-order valence-electron chi connectivity index (χ4n) is 0.612. The molecule has 0 unspecified atom stereocenters. The van der Waals surface area contributed by atoms with E-state index >= 15 is 0 Å². The van der Waals surface area contributed by atoms with Gasteiger partial charge < -0.3 is 10.5 Å². The van der Waals surface area contributed by atoms with Gasteiger partial charge in [-0.1, -0.05) is 19.4 Å². The number of hydrogen-bond acceptors (Lipinski definition) is 3. The average Bonchev–Trinajstić information content (AvgIpc) is 2.05. The van der Waals surface area contributed by atoms with E-state index in [1.165, 1.54) is 18.9 Å². The third kappa shape index (κ3) is 17.3. The van der Waals surface area contributed by atoms with E-state index in [9.17, 15) is 4.79 Å². The van der Waals surface area contributed by atoms with Gasteiger partial charge in [0.15, 0.2) is 0 Å². The van der Waals surface area contributed by atoms with Crippen LogP contribution in [0.25, 0.3) is 0 Å². The first-order valence-corrected chi connectivity index (χ1v) is 5.11. The Bertz CT molecular complexity index is 151. The highest BCUT2D eigenvalue weighted by Gasteiger charge is 1.97. The molecule has 0 aliphatic heterocycles. The number of carbonyl (C=O) groups is 1. The van der Waals surface area contributed by atoms with Gasteiger partial charge in [-0.15, -0.1) is 0 Å².